The van der Waals surface area contributed by atoms with E-state index in [4.69, 9.17) is 5.11 Å². The first-order chi connectivity index (χ1) is 9.51. The van der Waals surface area contributed by atoms with Crippen LogP contribution in [0.2, 0.25) is 0 Å². The van der Waals surface area contributed by atoms with Crippen LogP contribution in [0, 0.1) is 5.92 Å². The summed E-state index contributed by atoms with van der Waals surface area (Å²) in [4.78, 5) is 28.7. The van der Waals surface area contributed by atoms with Crippen molar-refractivity contribution in [1.82, 2.24) is 9.88 Å². The van der Waals surface area contributed by atoms with Crippen LogP contribution in [0.15, 0.2) is 24.5 Å². The lowest BCUT2D eigenvalue weighted by Crippen LogP contribution is -2.45. The number of aliphatic hydroxyl groups excluding tert-OH is 1. The Bertz CT molecular complexity index is 446. The summed E-state index contributed by atoms with van der Waals surface area (Å²) in [5, 5.41) is 18.4. The molecule has 0 aliphatic carbocycles. The number of carboxylic acids is 1. The van der Waals surface area contributed by atoms with Crippen LogP contribution in [-0.4, -0.2) is 51.2 Å². The highest BCUT2D eigenvalue weighted by Crippen LogP contribution is 2.13. The SMILES string of the molecule is CCC(CO)N(CC(C)C(=O)O)C(=O)c1cccnc1. The Balaban J connectivity index is 2.98. The second-order valence-electron chi connectivity index (χ2n) is 4.68. The van der Waals surface area contributed by atoms with Crippen molar-refractivity contribution in [2.75, 3.05) is 13.2 Å². The van der Waals surface area contributed by atoms with Gasteiger partial charge in [-0.3, -0.25) is 14.6 Å². The minimum Gasteiger partial charge on any atom is -0.481 e. The smallest absolute Gasteiger partial charge is 0.308 e. The third-order valence-electron chi connectivity index (χ3n) is 3.18. The molecule has 1 aromatic heterocycles. The second-order valence-corrected chi connectivity index (χ2v) is 4.68. The second kappa shape index (κ2) is 7.59. The number of hydrogen-bond acceptors (Lipinski definition) is 4. The summed E-state index contributed by atoms with van der Waals surface area (Å²) in [5.41, 5.74) is 0.386. The van der Waals surface area contributed by atoms with E-state index in [1.54, 1.807) is 18.3 Å². The Labute approximate surface area is 118 Å². The van der Waals surface area contributed by atoms with Gasteiger partial charge in [-0.2, -0.15) is 0 Å². The van der Waals surface area contributed by atoms with Gasteiger partial charge in [-0.15, -0.1) is 0 Å². The first-order valence-electron chi connectivity index (χ1n) is 6.55. The summed E-state index contributed by atoms with van der Waals surface area (Å²) < 4.78 is 0. The van der Waals surface area contributed by atoms with Crippen molar-refractivity contribution in [3.8, 4) is 0 Å². The molecular weight excluding hydrogens is 260 g/mol. The summed E-state index contributed by atoms with van der Waals surface area (Å²) >= 11 is 0. The van der Waals surface area contributed by atoms with E-state index in [-0.39, 0.29) is 19.1 Å². The van der Waals surface area contributed by atoms with Crippen LogP contribution in [0.3, 0.4) is 0 Å². The molecule has 2 unspecified atom stereocenters. The van der Waals surface area contributed by atoms with Crippen molar-refractivity contribution >= 4 is 11.9 Å². The van der Waals surface area contributed by atoms with Gasteiger partial charge in [-0.1, -0.05) is 13.8 Å². The predicted octanol–water partition coefficient (Wildman–Crippen LogP) is 1.02. The van der Waals surface area contributed by atoms with E-state index in [9.17, 15) is 14.7 Å². The van der Waals surface area contributed by atoms with E-state index >= 15 is 0 Å². The number of amides is 1. The normalized spacial score (nSPS) is 13.6. The number of rotatable bonds is 7. The lowest BCUT2D eigenvalue weighted by atomic mass is 10.1. The molecule has 2 N–H and O–H groups in total. The number of aliphatic carboxylic acids is 1. The summed E-state index contributed by atoms with van der Waals surface area (Å²) in [6.45, 7) is 3.24. The molecule has 0 spiro atoms. The third-order valence-corrected chi connectivity index (χ3v) is 3.18. The number of carboxylic acid groups (broad SMARTS) is 1. The molecule has 0 aromatic carbocycles. The van der Waals surface area contributed by atoms with Gasteiger partial charge in [-0.25, -0.2) is 0 Å². The van der Waals surface area contributed by atoms with Crippen LogP contribution in [-0.2, 0) is 4.79 Å². The van der Waals surface area contributed by atoms with Gasteiger partial charge < -0.3 is 15.1 Å². The summed E-state index contributed by atoms with van der Waals surface area (Å²) in [5.74, 6) is -1.98. The Morgan fingerprint density at radius 2 is 2.15 bits per heavy atom. The standard InChI is InChI=1S/C14H20N2O4/c1-3-12(9-17)16(8-10(2)14(19)20)13(18)11-5-4-6-15-7-11/h4-7,10,12,17H,3,8-9H2,1-2H3,(H,19,20). The molecule has 0 aliphatic rings. The number of aromatic nitrogens is 1. The Hall–Kier alpha value is -1.95. The first-order valence-corrected chi connectivity index (χ1v) is 6.55. The maximum atomic E-state index is 12.4. The summed E-state index contributed by atoms with van der Waals surface area (Å²) in [7, 11) is 0. The van der Waals surface area contributed by atoms with E-state index < -0.39 is 17.9 Å². The highest BCUT2D eigenvalue weighted by Gasteiger charge is 2.27. The zero-order valence-corrected chi connectivity index (χ0v) is 11.7. The van der Waals surface area contributed by atoms with Crippen LogP contribution in [0.4, 0.5) is 0 Å². The minimum atomic E-state index is -0.971. The van der Waals surface area contributed by atoms with Crippen LogP contribution >= 0.6 is 0 Å². The van der Waals surface area contributed by atoms with Crippen molar-refractivity contribution in [3.05, 3.63) is 30.1 Å². The van der Waals surface area contributed by atoms with E-state index in [2.05, 4.69) is 4.98 Å². The van der Waals surface area contributed by atoms with Gasteiger partial charge in [0.05, 0.1) is 24.1 Å². The maximum Gasteiger partial charge on any atom is 0.308 e. The summed E-state index contributed by atoms with van der Waals surface area (Å²) in [6.07, 6.45) is 3.55. The fourth-order valence-electron chi connectivity index (χ4n) is 1.87. The highest BCUT2D eigenvalue weighted by atomic mass is 16.4. The Kier molecular flexibility index (Phi) is 6.11. The molecule has 0 fully saturated rings. The Morgan fingerprint density at radius 3 is 2.60 bits per heavy atom. The number of aliphatic hydroxyl groups is 1. The van der Waals surface area contributed by atoms with Crippen LogP contribution in [0.1, 0.15) is 30.6 Å². The van der Waals surface area contributed by atoms with E-state index in [0.29, 0.717) is 12.0 Å². The lowest BCUT2D eigenvalue weighted by molar-refractivity contribution is -0.141. The molecule has 0 radical (unpaired) electrons. The maximum absolute atomic E-state index is 12.4. The van der Waals surface area contributed by atoms with E-state index in [0.717, 1.165) is 0 Å². The van der Waals surface area contributed by atoms with Crippen molar-refractivity contribution in [2.45, 2.75) is 26.3 Å². The van der Waals surface area contributed by atoms with Crippen LogP contribution in [0.5, 0.6) is 0 Å². The molecule has 0 bridgehead atoms. The van der Waals surface area contributed by atoms with Crippen LogP contribution in [0.25, 0.3) is 0 Å². The topological polar surface area (TPSA) is 90.7 Å². The van der Waals surface area contributed by atoms with Crippen molar-refractivity contribution in [2.24, 2.45) is 5.92 Å². The minimum absolute atomic E-state index is 0.0577. The van der Waals surface area contributed by atoms with Gasteiger partial charge in [0.25, 0.3) is 5.91 Å². The molecule has 110 valence electrons. The van der Waals surface area contributed by atoms with Crippen LogP contribution < -0.4 is 0 Å². The number of carbonyl (C=O) groups excluding carboxylic acids is 1. The Morgan fingerprint density at radius 1 is 1.45 bits per heavy atom. The molecule has 1 aromatic rings. The summed E-state index contributed by atoms with van der Waals surface area (Å²) in [6, 6.07) is 2.87. The molecule has 0 saturated carbocycles. The van der Waals surface area contributed by atoms with Gasteiger partial charge in [-0.05, 0) is 18.6 Å². The fraction of sp³-hybridized carbons (Fsp3) is 0.500. The molecule has 1 heterocycles. The van der Waals surface area contributed by atoms with Crippen molar-refractivity contribution < 1.29 is 19.8 Å². The molecule has 0 aliphatic heterocycles. The number of pyridine rings is 1. The van der Waals surface area contributed by atoms with Gasteiger partial charge in [0, 0.05) is 18.9 Å². The largest absolute Gasteiger partial charge is 0.481 e. The fourth-order valence-corrected chi connectivity index (χ4v) is 1.87. The monoisotopic (exact) mass is 280 g/mol. The molecule has 0 saturated heterocycles. The van der Waals surface area contributed by atoms with Gasteiger partial charge in [0.1, 0.15) is 0 Å². The van der Waals surface area contributed by atoms with Crippen molar-refractivity contribution in [1.29, 1.82) is 0 Å². The van der Waals surface area contributed by atoms with Gasteiger partial charge >= 0.3 is 5.97 Å². The average molecular weight is 280 g/mol. The molecule has 1 amide bonds. The van der Waals surface area contributed by atoms with E-state index in [1.807, 2.05) is 6.92 Å². The van der Waals surface area contributed by atoms with E-state index in [1.165, 1.54) is 18.0 Å². The zero-order valence-electron chi connectivity index (χ0n) is 11.7. The molecule has 2 atom stereocenters. The highest BCUT2D eigenvalue weighted by molar-refractivity contribution is 5.94. The predicted molar refractivity (Wildman–Crippen MR) is 73.2 cm³/mol. The molecular formula is C14H20N2O4. The molecule has 20 heavy (non-hydrogen) atoms. The number of hydrogen-bond donors (Lipinski definition) is 2. The lowest BCUT2D eigenvalue weighted by Gasteiger charge is -2.31. The number of nitrogens with zero attached hydrogens (tertiary/aromatic N) is 2. The molecule has 1 rings (SSSR count). The third kappa shape index (κ3) is 4.03. The zero-order chi connectivity index (χ0) is 15.1. The molecule has 6 heteroatoms. The quantitative estimate of drug-likeness (QED) is 0.778. The average Bonchev–Trinajstić information content (AvgIpc) is 2.47. The van der Waals surface area contributed by atoms with Crippen molar-refractivity contribution in [3.63, 3.8) is 0 Å². The number of carbonyl (C=O) groups is 2. The van der Waals surface area contributed by atoms with Gasteiger partial charge in [0.15, 0.2) is 0 Å². The first kappa shape index (κ1) is 16.1. The molecule has 6 nitrogen and oxygen atoms in total. The van der Waals surface area contributed by atoms with Gasteiger partial charge in [0.2, 0.25) is 0 Å².